The lowest BCUT2D eigenvalue weighted by Gasteiger charge is -2.37. The predicted molar refractivity (Wildman–Crippen MR) is 159 cm³/mol. The lowest BCUT2D eigenvalue weighted by atomic mass is 9.63. The Morgan fingerprint density at radius 3 is 2.56 bits per heavy atom. The number of carbonyl (C=O) groups excluding carboxylic acids is 2. The number of anilines is 2. The molecule has 2 aliphatic rings. The van der Waals surface area contributed by atoms with Gasteiger partial charge in [0.25, 0.3) is 5.56 Å². The van der Waals surface area contributed by atoms with Crippen LogP contribution in [-0.2, 0) is 21.5 Å². The third-order valence-electron chi connectivity index (χ3n) is 7.89. The molecule has 1 aromatic heterocycles. The van der Waals surface area contributed by atoms with Gasteiger partial charge in [-0.05, 0) is 60.1 Å². The van der Waals surface area contributed by atoms with Crippen LogP contribution in [0, 0.1) is 25.1 Å². The summed E-state index contributed by atoms with van der Waals surface area (Å²) >= 11 is 0. The van der Waals surface area contributed by atoms with Crippen molar-refractivity contribution in [2.24, 2.45) is 5.41 Å². The Morgan fingerprint density at radius 2 is 1.90 bits per heavy atom. The molecule has 41 heavy (non-hydrogen) atoms. The number of benzene rings is 2. The first kappa shape index (κ1) is 30.1. The molecule has 1 fully saturated rings. The van der Waals surface area contributed by atoms with Gasteiger partial charge in [0.15, 0.2) is 0 Å². The SMILES string of the molecule is Cc1ccc2c(c1)NC(=O)[C@@]21C(CC(C)(C)C)NCC1c1cccc(C)c1F.O=CNc1ccn(CCO)c(=O)c1. The molecular formula is C32H39FN4O4. The van der Waals surface area contributed by atoms with Crippen LogP contribution in [0.3, 0.4) is 0 Å². The smallest absolute Gasteiger partial charge is 0.252 e. The Morgan fingerprint density at radius 1 is 1.15 bits per heavy atom. The maximum Gasteiger partial charge on any atom is 0.252 e. The fourth-order valence-corrected chi connectivity index (χ4v) is 6.09. The van der Waals surface area contributed by atoms with Gasteiger partial charge in [-0.15, -0.1) is 0 Å². The molecule has 0 bridgehead atoms. The number of fused-ring (bicyclic) bond motifs is 2. The number of aromatic nitrogens is 1. The maximum absolute atomic E-state index is 15.2. The molecule has 2 aromatic carbocycles. The van der Waals surface area contributed by atoms with E-state index < -0.39 is 5.41 Å². The van der Waals surface area contributed by atoms with Crippen LogP contribution in [0.5, 0.6) is 0 Å². The second-order valence-corrected chi connectivity index (χ2v) is 12.1. The molecule has 0 radical (unpaired) electrons. The molecule has 2 unspecified atom stereocenters. The van der Waals surface area contributed by atoms with Crippen LogP contribution in [-0.4, -0.2) is 41.2 Å². The number of aliphatic hydroxyl groups excluding tert-OH is 1. The van der Waals surface area contributed by atoms with Gasteiger partial charge in [-0.25, -0.2) is 4.39 Å². The normalized spacial score (nSPS) is 21.2. The van der Waals surface area contributed by atoms with E-state index in [2.05, 4.69) is 48.9 Å². The van der Waals surface area contributed by atoms with Crippen LogP contribution >= 0.6 is 0 Å². The third-order valence-corrected chi connectivity index (χ3v) is 7.89. The number of aryl methyl sites for hydroxylation is 2. The molecule has 0 saturated carbocycles. The molecule has 3 aromatic rings. The summed E-state index contributed by atoms with van der Waals surface area (Å²) < 4.78 is 16.5. The number of carbonyl (C=O) groups is 2. The molecule has 3 atom stereocenters. The summed E-state index contributed by atoms with van der Waals surface area (Å²) in [6.45, 7) is 11.1. The highest BCUT2D eigenvalue weighted by Crippen LogP contribution is 2.54. The zero-order valence-electron chi connectivity index (χ0n) is 24.3. The summed E-state index contributed by atoms with van der Waals surface area (Å²) in [5, 5.41) is 17.7. The first-order valence-corrected chi connectivity index (χ1v) is 13.8. The molecule has 1 spiro atoms. The van der Waals surface area contributed by atoms with Crippen molar-refractivity contribution in [3.8, 4) is 0 Å². The van der Waals surface area contributed by atoms with Crippen LogP contribution in [0.1, 0.15) is 55.4 Å². The molecule has 5 rings (SSSR count). The minimum Gasteiger partial charge on any atom is -0.395 e. The van der Waals surface area contributed by atoms with Gasteiger partial charge >= 0.3 is 0 Å². The quantitative estimate of drug-likeness (QED) is 0.336. The largest absolute Gasteiger partial charge is 0.395 e. The van der Waals surface area contributed by atoms with Gasteiger partial charge < -0.3 is 25.6 Å². The van der Waals surface area contributed by atoms with E-state index in [0.717, 1.165) is 23.2 Å². The van der Waals surface area contributed by atoms with Crippen molar-refractivity contribution in [3.63, 3.8) is 0 Å². The minimum absolute atomic E-state index is 0.0155. The number of rotatable bonds is 6. The Balaban J connectivity index is 0.000000251. The first-order chi connectivity index (χ1) is 19.4. The number of pyridine rings is 1. The molecule has 1 saturated heterocycles. The Hall–Kier alpha value is -3.82. The highest BCUT2D eigenvalue weighted by atomic mass is 19.1. The van der Waals surface area contributed by atoms with Gasteiger partial charge in [0.05, 0.1) is 12.0 Å². The van der Waals surface area contributed by atoms with Gasteiger partial charge in [-0.3, -0.25) is 14.4 Å². The van der Waals surface area contributed by atoms with E-state index in [4.69, 9.17) is 5.11 Å². The van der Waals surface area contributed by atoms with E-state index >= 15 is 4.39 Å². The molecule has 2 amide bonds. The van der Waals surface area contributed by atoms with Crippen molar-refractivity contribution in [1.82, 2.24) is 9.88 Å². The minimum atomic E-state index is -0.801. The zero-order chi connectivity index (χ0) is 29.9. The van der Waals surface area contributed by atoms with E-state index in [9.17, 15) is 14.4 Å². The van der Waals surface area contributed by atoms with Crippen LogP contribution in [0.15, 0.2) is 59.5 Å². The van der Waals surface area contributed by atoms with E-state index in [0.29, 0.717) is 29.8 Å². The van der Waals surface area contributed by atoms with Crippen LogP contribution in [0.2, 0.25) is 0 Å². The average Bonchev–Trinajstić information content (AvgIpc) is 3.40. The van der Waals surface area contributed by atoms with Crippen molar-refractivity contribution in [3.05, 3.63) is 93.2 Å². The predicted octanol–water partition coefficient (Wildman–Crippen LogP) is 4.23. The highest BCUT2D eigenvalue weighted by Gasteiger charge is 2.61. The fourth-order valence-electron chi connectivity index (χ4n) is 6.09. The van der Waals surface area contributed by atoms with Crippen molar-refractivity contribution >= 4 is 23.7 Å². The van der Waals surface area contributed by atoms with E-state index in [1.165, 1.54) is 16.8 Å². The van der Waals surface area contributed by atoms with Gasteiger partial charge in [-0.1, -0.05) is 51.1 Å². The molecule has 9 heteroatoms. The molecule has 3 heterocycles. The Kier molecular flexibility index (Phi) is 8.80. The second-order valence-electron chi connectivity index (χ2n) is 12.1. The standard InChI is InChI=1S/C24H29FN2O.C8H10N2O3/c1-14-9-10-17-19(11-14)27-22(28)24(17)18(13-26-20(24)12-23(3,4)5)16-8-6-7-15(2)21(16)25;11-4-3-10-2-1-7(9-6-12)5-8(10)13/h6-11,18,20,26H,12-13H2,1-5H3,(H,27,28);1-2,5-6,11H,3-4H2,(H,9,12)/t18?,20?,24-;/m0./s1. The van der Waals surface area contributed by atoms with Crippen LogP contribution < -0.4 is 21.5 Å². The third kappa shape index (κ3) is 5.96. The number of hydrogen-bond donors (Lipinski definition) is 4. The number of nitrogens with one attached hydrogen (secondary N) is 3. The van der Waals surface area contributed by atoms with Crippen molar-refractivity contribution in [2.75, 3.05) is 23.8 Å². The molecule has 218 valence electrons. The molecular weight excluding hydrogens is 523 g/mol. The van der Waals surface area contributed by atoms with Crippen molar-refractivity contribution in [1.29, 1.82) is 0 Å². The molecule has 0 aliphatic carbocycles. The molecule has 2 aliphatic heterocycles. The van der Waals surface area contributed by atoms with Crippen molar-refractivity contribution in [2.45, 2.75) is 65.0 Å². The van der Waals surface area contributed by atoms with Crippen molar-refractivity contribution < 1.29 is 19.1 Å². The van der Waals surface area contributed by atoms with Gasteiger partial charge in [0, 0.05) is 48.7 Å². The lowest BCUT2D eigenvalue weighted by molar-refractivity contribution is -0.122. The monoisotopic (exact) mass is 562 g/mol. The summed E-state index contributed by atoms with van der Waals surface area (Å²) in [5.41, 5.74) is 3.66. The number of aliphatic hydroxyl groups is 1. The fraction of sp³-hybridized carbons (Fsp3) is 0.406. The molecule has 8 nitrogen and oxygen atoms in total. The summed E-state index contributed by atoms with van der Waals surface area (Å²) in [6, 6.07) is 14.5. The lowest BCUT2D eigenvalue weighted by Crippen LogP contribution is -2.49. The first-order valence-electron chi connectivity index (χ1n) is 13.8. The van der Waals surface area contributed by atoms with Crippen LogP contribution in [0.4, 0.5) is 15.8 Å². The summed E-state index contributed by atoms with van der Waals surface area (Å²) in [4.78, 5) is 34.8. The van der Waals surface area contributed by atoms with E-state index in [1.54, 1.807) is 19.1 Å². The van der Waals surface area contributed by atoms with E-state index in [-0.39, 0.29) is 47.8 Å². The second kappa shape index (κ2) is 12.0. The number of amides is 2. The number of nitrogens with zero attached hydrogens (tertiary/aromatic N) is 1. The number of halogens is 1. The summed E-state index contributed by atoms with van der Waals surface area (Å²) in [7, 11) is 0. The van der Waals surface area contributed by atoms with Crippen LogP contribution in [0.25, 0.3) is 0 Å². The van der Waals surface area contributed by atoms with Gasteiger partial charge in [-0.2, -0.15) is 0 Å². The topological polar surface area (TPSA) is 112 Å². The Bertz CT molecular complexity index is 1500. The van der Waals surface area contributed by atoms with E-state index in [1.807, 2.05) is 25.1 Å². The zero-order valence-corrected chi connectivity index (χ0v) is 24.3. The van der Waals surface area contributed by atoms with Gasteiger partial charge in [0.1, 0.15) is 5.82 Å². The maximum atomic E-state index is 15.2. The highest BCUT2D eigenvalue weighted by molar-refractivity contribution is 6.08. The van der Waals surface area contributed by atoms with Gasteiger partial charge in [0.2, 0.25) is 12.3 Å². The molecule has 4 N–H and O–H groups in total. The Labute approximate surface area is 240 Å². The average molecular weight is 563 g/mol. The summed E-state index contributed by atoms with van der Waals surface area (Å²) in [5.74, 6) is -0.458. The summed E-state index contributed by atoms with van der Waals surface area (Å²) in [6.07, 6.45) is 2.85. The number of hydrogen-bond acceptors (Lipinski definition) is 5.